The number of aliphatic imine (C=N–C) groups is 1. The summed E-state index contributed by atoms with van der Waals surface area (Å²) in [6.45, 7) is 13.6. The van der Waals surface area contributed by atoms with Crippen LogP contribution in [0.25, 0.3) is 0 Å². The Balaban J connectivity index is 1.32. The van der Waals surface area contributed by atoms with Gasteiger partial charge < -0.3 is 19.9 Å². The summed E-state index contributed by atoms with van der Waals surface area (Å²) < 4.78 is 5.40. The van der Waals surface area contributed by atoms with Gasteiger partial charge in [0.25, 0.3) is 0 Å². The number of morpholine rings is 1. The van der Waals surface area contributed by atoms with Gasteiger partial charge >= 0.3 is 0 Å². The van der Waals surface area contributed by atoms with Crippen LogP contribution >= 0.6 is 0 Å². The van der Waals surface area contributed by atoms with E-state index < -0.39 is 0 Å². The van der Waals surface area contributed by atoms with Crippen LogP contribution in [-0.4, -0.2) is 123 Å². The van der Waals surface area contributed by atoms with E-state index in [1.165, 1.54) is 6.42 Å². The molecule has 3 rings (SSSR count). The Morgan fingerprint density at radius 3 is 2.31 bits per heavy atom. The average Bonchev–Trinajstić information content (AvgIpc) is 3.31. The van der Waals surface area contributed by atoms with E-state index in [1.54, 1.807) is 0 Å². The normalized spacial score (nSPS) is 23.4. The lowest BCUT2D eigenvalue weighted by Crippen LogP contribution is -2.57. The number of carbonyl (C=O) groups excluding carboxylic acids is 1. The van der Waals surface area contributed by atoms with E-state index in [2.05, 4.69) is 31.9 Å². The molecule has 0 aromatic heterocycles. The predicted molar refractivity (Wildman–Crippen MR) is 116 cm³/mol. The van der Waals surface area contributed by atoms with Gasteiger partial charge in [0, 0.05) is 66.0 Å². The van der Waals surface area contributed by atoms with E-state index in [4.69, 9.17) is 4.74 Å². The first-order valence-electron chi connectivity index (χ1n) is 11.5. The molecule has 29 heavy (non-hydrogen) atoms. The number of nitrogens with zero attached hydrogens (tertiary/aromatic N) is 5. The Labute approximate surface area is 176 Å². The quantitative estimate of drug-likeness (QED) is 0.371. The number of likely N-dealkylation sites (tertiary alicyclic amines) is 1. The van der Waals surface area contributed by atoms with Crippen LogP contribution in [0.1, 0.15) is 32.6 Å². The molecule has 1 unspecified atom stereocenters. The molecule has 0 aromatic carbocycles. The van der Waals surface area contributed by atoms with Crippen molar-refractivity contribution in [3.05, 3.63) is 0 Å². The van der Waals surface area contributed by atoms with Crippen LogP contribution in [0.4, 0.5) is 0 Å². The second-order valence-electron chi connectivity index (χ2n) is 8.37. The molecule has 1 atom stereocenters. The van der Waals surface area contributed by atoms with E-state index in [1.807, 2.05) is 11.9 Å². The van der Waals surface area contributed by atoms with Crippen molar-refractivity contribution in [1.29, 1.82) is 0 Å². The van der Waals surface area contributed by atoms with Crippen molar-refractivity contribution in [2.75, 3.05) is 85.7 Å². The lowest BCUT2D eigenvalue weighted by atomic mass is 10.2. The largest absolute Gasteiger partial charge is 0.379 e. The van der Waals surface area contributed by atoms with Crippen LogP contribution in [0.3, 0.4) is 0 Å². The fraction of sp³-hybridized carbons (Fsp3) is 0.905. The summed E-state index contributed by atoms with van der Waals surface area (Å²) in [5, 5.41) is 3.53. The van der Waals surface area contributed by atoms with E-state index >= 15 is 0 Å². The molecule has 3 aliphatic heterocycles. The smallest absolute Gasteiger partial charge is 0.239 e. The van der Waals surface area contributed by atoms with E-state index in [0.717, 1.165) is 104 Å². The Morgan fingerprint density at radius 1 is 0.966 bits per heavy atom. The molecule has 0 aliphatic carbocycles. The minimum Gasteiger partial charge on any atom is -0.379 e. The van der Waals surface area contributed by atoms with Crippen molar-refractivity contribution in [3.63, 3.8) is 0 Å². The highest BCUT2D eigenvalue weighted by molar-refractivity contribution is 5.82. The number of ether oxygens (including phenoxy) is 1. The van der Waals surface area contributed by atoms with Crippen LogP contribution < -0.4 is 5.32 Å². The Kier molecular flexibility index (Phi) is 9.01. The van der Waals surface area contributed by atoms with Gasteiger partial charge in [0.2, 0.25) is 5.91 Å². The van der Waals surface area contributed by atoms with Gasteiger partial charge in [-0.3, -0.25) is 19.6 Å². The summed E-state index contributed by atoms with van der Waals surface area (Å²) >= 11 is 0. The standard InChI is InChI=1S/C21H40N6O2/c1-19(20(28)26-9-5-6-10-26)25-11-13-27(14-12-25)21(22-2)23-7-3-4-8-24-15-17-29-18-16-24/h19H,3-18H2,1-2H3,(H,22,23). The zero-order chi connectivity index (χ0) is 20.5. The van der Waals surface area contributed by atoms with E-state index in [0.29, 0.717) is 5.91 Å². The van der Waals surface area contributed by atoms with Crippen molar-refractivity contribution in [2.45, 2.75) is 38.6 Å². The zero-order valence-electron chi connectivity index (χ0n) is 18.4. The Morgan fingerprint density at radius 2 is 1.66 bits per heavy atom. The molecule has 3 heterocycles. The van der Waals surface area contributed by atoms with Gasteiger partial charge in [-0.25, -0.2) is 0 Å². The number of unbranched alkanes of at least 4 members (excludes halogenated alkanes) is 1. The number of hydrogen-bond acceptors (Lipinski definition) is 5. The highest BCUT2D eigenvalue weighted by Gasteiger charge is 2.30. The summed E-state index contributed by atoms with van der Waals surface area (Å²) in [6, 6.07) is -0.00888. The average molecular weight is 409 g/mol. The fourth-order valence-corrected chi connectivity index (χ4v) is 4.50. The maximum absolute atomic E-state index is 12.7. The van der Waals surface area contributed by atoms with Crippen LogP contribution in [0.5, 0.6) is 0 Å². The predicted octanol–water partition coefficient (Wildman–Crippen LogP) is 0.303. The summed E-state index contributed by atoms with van der Waals surface area (Å²) in [4.78, 5) is 26.3. The van der Waals surface area contributed by atoms with Crippen molar-refractivity contribution in [3.8, 4) is 0 Å². The summed E-state index contributed by atoms with van der Waals surface area (Å²) in [5.41, 5.74) is 0. The summed E-state index contributed by atoms with van der Waals surface area (Å²) in [6.07, 6.45) is 4.66. The number of amides is 1. The number of piperazine rings is 1. The Hall–Kier alpha value is -1.38. The Bertz CT molecular complexity index is 523. The van der Waals surface area contributed by atoms with Gasteiger partial charge in [-0.05, 0) is 39.2 Å². The third-order valence-electron chi connectivity index (χ3n) is 6.44. The molecular weight excluding hydrogens is 368 g/mol. The van der Waals surface area contributed by atoms with Gasteiger partial charge in [0.05, 0.1) is 19.3 Å². The molecule has 0 spiro atoms. The minimum atomic E-state index is -0.00888. The first kappa shape index (κ1) is 22.3. The molecule has 0 saturated carbocycles. The van der Waals surface area contributed by atoms with E-state index in [9.17, 15) is 4.79 Å². The molecule has 0 aromatic rings. The SMILES string of the molecule is CN=C(NCCCCN1CCOCC1)N1CCN(C(C)C(=O)N2CCCC2)CC1. The van der Waals surface area contributed by atoms with Crippen LogP contribution in [-0.2, 0) is 9.53 Å². The summed E-state index contributed by atoms with van der Waals surface area (Å²) in [5.74, 6) is 1.30. The lowest BCUT2D eigenvalue weighted by Gasteiger charge is -2.39. The van der Waals surface area contributed by atoms with Crippen LogP contribution in [0.15, 0.2) is 4.99 Å². The molecule has 8 heteroatoms. The third kappa shape index (κ3) is 6.55. The first-order valence-corrected chi connectivity index (χ1v) is 11.5. The summed E-state index contributed by atoms with van der Waals surface area (Å²) in [7, 11) is 1.86. The fourth-order valence-electron chi connectivity index (χ4n) is 4.50. The molecule has 1 amide bonds. The first-order chi connectivity index (χ1) is 14.2. The van der Waals surface area contributed by atoms with Crippen molar-refractivity contribution in [2.24, 2.45) is 4.99 Å². The van der Waals surface area contributed by atoms with Gasteiger partial charge in [0.15, 0.2) is 5.96 Å². The second kappa shape index (κ2) is 11.7. The maximum Gasteiger partial charge on any atom is 0.239 e. The maximum atomic E-state index is 12.7. The minimum absolute atomic E-state index is 0.00888. The molecule has 3 aliphatic rings. The number of rotatable bonds is 7. The van der Waals surface area contributed by atoms with Gasteiger partial charge in [-0.1, -0.05) is 0 Å². The number of hydrogen-bond donors (Lipinski definition) is 1. The van der Waals surface area contributed by atoms with E-state index in [-0.39, 0.29) is 6.04 Å². The number of nitrogens with one attached hydrogen (secondary N) is 1. The van der Waals surface area contributed by atoms with Crippen molar-refractivity contribution < 1.29 is 9.53 Å². The zero-order valence-corrected chi connectivity index (χ0v) is 18.4. The topological polar surface area (TPSA) is 63.7 Å². The van der Waals surface area contributed by atoms with Gasteiger partial charge in [0.1, 0.15) is 0 Å². The van der Waals surface area contributed by atoms with Crippen LogP contribution in [0.2, 0.25) is 0 Å². The van der Waals surface area contributed by atoms with Crippen LogP contribution in [0, 0.1) is 0 Å². The van der Waals surface area contributed by atoms with Crippen molar-refractivity contribution >= 4 is 11.9 Å². The molecule has 8 nitrogen and oxygen atoms in total. The molecule has 166 valence electrons. The van der Waals surface area contributed by atoms with Crippen molar-refractivity contribution in [1.82, 2.24) is 24.9 Å². The molecule has 0 bridgehead atoms. The molecule has 1 N–H and O–H groups in total. The second-order valence-corrected chi connectivity index (χ2v) is 8.37. The highest BCUT2D eigenvalue weighted by atomic mass is 16.5. The van der Waals surface area contributed by atoms with Gasteiger partial charge in [-0.2, -0.15) is 0 Å². The van der Waals surface area contributed by atoms with Gasteiger partial charge in [-0.15, -0.1) is 0 Å². The monoisotopic (exact) mass is 408 g/mol. The molecule has 3 fully saturated rings. The molecular formula is C21H40N6O2. The number of carbonyl (C=O) groups is 1. The lowest BCUT2D eigenvalue weighted by molar-refractivity contribution is -0.135. The highest BCUT2D eigenvalue weighted by Crippen LogP contribution is 2.14. The number of guanidine groups is 1. The molecule has 3 saturated heterocycles. The third-order valence-corrected chi connectivity index (χ3v) is 6.44. The molecule has 0 radical (unpaired) electrons.